The van der Waals surface area contributed by atoms with E-state index in [-0.39, 0.29) is 11.5 Å². The van der Waals surface area contributed by atoms with Crippen LogP contribution < -0.4 is 5.32 Å². The number of nitrogens with zero attached hydrogens (tertiary/aromatic N) is 2. The molecule has 4 nitrogen and oxygen atoms in total. The van der Waals surface area contributed by atoms with Crippen LogP contribution in [0.2, 0.25) is 5.02 Å². The predicted octanol–water partition coefficient (Wildman–Crippen LogP) is 4.39. The smallest absolute Gasteiger partial charge is 0.159 e. The molecule has 0 atom stereocenters. The summed E-state index contributed by atoms with van der Waals surface area (Å²) in [5, 5.41) is 20.0. The van der Waals surface area contributed by atoms with Crippen LogP contribution in [-0.4, -0.2) is 23.0 Å². The third-order valence-corrected chi connectivity index (χ3v) is 3.95. The minimum absolute atomic E-state index is 0.239. The van der Waals surface area contributed by atoms with Gasteiger partial charge in [-0.2, -0.15) is 0 Å². The zero-order valence-corrected chi connectivity index (χ0v) is 13.6. The molecule has 1 aromatic heterocycles. The van der Waals surface area contributed by atoms with Crippen molar-refractivity contribution in [2.24, 2.45) is 0 Å². The second-order valence-corrected chi connectivity index (χ2v) is 5.46. The molecule has 3 aromatic rings. The van der Waals surface area contributed by atoms with E-state index in [4.69, 9.17) is 17.0 Å². The Labute approximate surface area is 143 Å². The number of hydrogen-bond acceptors (Lipinski definition) is 4. The van der Waals surface area contributed by atoms with Crippen molar-refractivity contribution >= 4 is 23.1 Å². The topological polar surface area (TPSA) is 61.7 Å². The zero-order valence-electron chi connectivity index (χ0n) is 12.8. The van der Waals surface area contributed by atoms with Gasteiger partial charge in [0.25, 0.3) is 0 Å². The molecule has 0 spiro atoms. The average molecular weight is 341 g/mol. The van der Waals surface area contributed by atoms with Crippen LogP contribution in [0.3, 0.4) is 0 Å². The molecule has 0 saturated heterocycles. The van der Waals surface area contributed by atoms with E-state index in [0.717, 1.165) is 0 Å². The van der Waals surface area contributed by atoms with Gasteiger partial charge in [0.15, 0.2) is 5.82 Å². The van der Waals surface area contributed by atoms with E-state index >= 15 is 0 Å². The highest BCUT2D eigenvalue weighted by Crippen LogP contribution is 2.33. The Morgan fingerprint density at radius 3 is 2.33 bits per heavy atom. The fourth-order valence-electron chi connectivity index (χ4n) is 2.36. The van der Waals surface area contributed by atoms with E-state index in [1.807, 2.05) is 30.3 Å². The van der Waals surface area contributed by atoms with Gasteiger partial charge < -0.3 is 5.32 Å². The first-order valence-electron chi connectivity index (χ1n) is 7.26. The molecular formula is C18H14ClFN4. The molecule has 0 radical (unpaired) electrons. The average Bonchev–Trinajstić information content (AvgIpc) is 2.62. The van der Waals surface area contributed by atoms with Crippen LogP contribution in [0.4, 0.5) is 10.2 Å². The number of benzene rings is 2. The van der Waals surface area contributed by atoms with E-state index in [2.05, 4.69) is 15.5 Å². The summed E-state index contributed by atoms with van der Waals surface area (Å²) in [6, 6.07) is 15.1. The van der Waals surface area contributed by atoms with Crippen molar-refractivity contribution in [3.8, 4) is 11.3 Å². The minimum atomic E-state index is -0.341. The molecule has 2 N–H and O–H groups in total. The second-order valence-electron chi connectivity index (χ2n) is 5.08. The summed E-state index contributed by atoms with van der Waals surface area (Å²) in [7, 11) is 1.69. The van der Waals surface area contributed by atoms with Crippen molar-refractivity contribution in [3.63, 3.8) is 0 Å². The standard InChI is InChI=1S/C18H14ClFN4/c1-22-18-14(16(21)11-5-3-2-4-6-11)15(19)17(23-24-18)12-7-9-13(20)10-8-12/h2-10,21H,1H3,(H,22,24). The summed E-state index contributed by atoms with van der Waals surface area (Å²) in [5.41, 5.74) is 2.46. The summed E-state index contributed by atoms with van der Waals surface area (Å²) in [5.74, 6) is 0.0756. The Kier molecular flexibility index (Phi) is 4.53. The molecule has 6 heteroatoms. The molecular weight excluding hydrogens is 327 g/mol. The first kappa shape index (κ1) is 16.1. The number of rotatable bonds is 4. The van der Waals surface area contributed by atoms with Gasteiger partial charge in [-0.3, -0.25) is 5.41 Å². The van der Waals surface area contributed by atoms with Crippen molar-refractivity contribution < 1.29 is 4.39 Å². The lowest BCUT2D eigenvalue weighted by Gasteiger charge is -2.14. The summed E-state index contributed by atoms with van der Waals surface area (Å²) in [4.78, 5) is 0. The molecule has 3 rings (SSSR count). The highest BCUT2D eigenvalue weighted by atomic mass is 35.5. The van der Waals surface area contributed by atoms with Crippen molar-refractivity contribution in [2.45, 2.75) is 0 Å². The largest absolute Gasteiger partial charge is 0.371 e. The van der Waals surface area contributed by atoms with Crippen LogP contribution in [0.15, 0.2) is 54.6 Å². The van der Waals surface area contributed by atoms with Crippen molar-refractivity contribution in [1.82, 2.24) is 10.2 Å². The van der Waals surface area contributed by atoms with Crippen LogP contribution in [0.25, 0.3) is 11.3 Å². The quantitative estimate of drug-likeness (QED) is 0.692. The molecule has 0 fully saturated rings. The normalized spacial score (nSPS) is 10.5. The Bertz CT molecular complexity index is 880. The lowest BCUT2D eigenvalue weighted by molar-refractivity contribution is 0.628. The molecule has 0 saturated carbocycles. The Morgan fingerprint density at radius 1 is 1.04 bits per heavy atom. The molecule has 2 aromatic carbocycles. The van der Waals surface area contributed by atoms with Gasteiger partial charge in [0, 0.05) is 18.2 Å². The second kappa shape index (κ2) is 6.76. The molecule has 0 unspecified atom stereocenters. The summed E-state index contributed by atoms with van der Waals surface area (Å²) >= 11 is 6.53. The van der Waals surface area contributed by atoms with E-state index in [0.29, 0.717) is 33.2 Å². The van der Waals surface area contributed by atoms with E-state index in [9.17, 15) is 4.39 Å². The Balaban J connectivity index is 2.16. The van der Waals surface area contributed by atoms with Crippen LogP contribution in [0.1, 0.15) is 11.1 Å². The Morgan fingerprint density at radius 2 is 1.71 bits per heavy atom. The molecule has 1 heterocycles. The number of nitrogens with one attached hydrogen (secondary N) is 2. The van der Waals surface area contributed by atoms with Gasteiger partial charge in [-0.15, -0.1) is 10.2 Å². The maximum absolute atomic E-state index is 13.1. The van der Waals surface area contributed by atoms with Crippen LogP contribution >= 0.6 is 11.6 Å². The monoisotopic (exact) mass is 340 g/mol. The van der Waals surface area contributed by atoms with E-state index in [1.165, 1.54) is 12.1 Å². The maximum Gasteiger partial charge on any atom is 0.159 e. The minimum Gasteiger partial charge on any atom is -0.371 e. The highest BCUT2D eigenvalue weighted by molar-refractivity contribution is 6.38. The molecule has 24 heavy (non-hydrogen) atoms. The fraction of sp³-hybridized carbons (Fsp3) is 0.0556. The van der Waals surface area contributed by atoms with Gasteiger partial charge in [0.05, 0.1) is 16.3 Å². The highest BCUT2D eigenvalue weighted by Gasteiger charge is 2.20. The summed E-state index contributed by atoms with van der Waals surface area (Å²) in [6.07, 6.45) is 0. The zero-order chi connectivity index (χ0) is 17.1. The maximum atomic E-state index is 13.1. The molecule has 0 amide bonds. The van der Waals surface area contributed by atoms with Crippen LogP contribution in [0, 0.1) is 11.2 Å². The van der Waals surface area contributed by atoms with Gasteiger partial charge in [0.2, 0.25) is 0 Å². The summed E-state index contributed by atoms with van der Waals surface area (Å²) < 4.78 is 13.1. The van der Waals surface area contributed by atoms with E-state index < -0.39 is 0 Å². The number of hydrogen-bond donors (Lipinski definition) is 2. The number of anilines is 1. The lowest BCUT2D eigenvalue weighted by Crippen LogP contribution is -2.10. The van der Waals surface area contributed by atoms with Gasteiger partial charge in [-0.1, -0.05) is 41.9 Å². The Hall–Kier alpha value is -2.79. The predicted molar refractivity (Wildman–Crippen MR) is 94.4 cm³/mol. The van der Waals surface area contributed by atoms with Gasteiger partial charge >= 0.3 is 0 Å². The van der Waals surface area contributed by atoms with Crippen molar-refractivity contribution in [1.29, 1.82) is 5.41 Å². The van der Waals surface area contributed by atoms with Gasteiger partial charge in [0.1, 0.15) is 11.5 Å². The number of halogens is 2. The summed E-state index contributed by atoms with van der Waals surface area (Å²) in [6.45, 7) is 0. The first-order valence-corrected chi connectivity index (χ1v) is 7.64. The molecule has 120 valence electrons. The molecule has 0 aliphatic rings. The van der Waals surface area contributed by atoms with Gasteiger partial charge in [-0.25, -0.2) is 4.39 Å². The third-order valence-electron chi connectivity index (χ3n) is 3.58. The van der Waals surface area contributed by atoms with Crippen LogP contribution in [0.5, 0.6) is 0 Å². The van der Waals surface area contributed by atoms with Crippen molar-refractivity contribution in [2.75, 3.05) is 12.4 Å². The van der Waals surface area contributed by atoms with Gasteiger partial charge in [-0.05, 0) is 24.3 Å². The third kappa shape index (κ3) is 2.98. The molecule has 0 aliphatic heterocycles. The number of aromatic nitrogens is 2. The van der Waals surface area contributed by atoms with Crippen LogP contribution in [-0.2, 0) is 0 Å². The molecule has 0 bridgehead atoms. The lowest BCUT2D eigenvalue weighted by atomic mass is 10.0. The molecule has 0 aliphatic carbocycles. The van der Waals surface area contributed by atoms with E-state index in [1.54, 1.807) is 19.2 Å². The first-order chi connectivity index (χ1) is 11.6. The fourth-order valence-corrected chi connectivity index (χ4v) is 2.69. The van der Waals surface area contributed by atoms with Crippen molar-refractivity contribution in [3.05, 3.63) is 76.6 Å². The SMILES string of the molecule is CNc1nnc(-c2ccc(F)cc2)c(Cl)c1C(=N)c1ccccc1.